The summed E-state index contributed by atoms with van der Waals surface area (Å²) < 4.78 is 17.2. The highest BCUT2D eigenvalue weighted by Crippen LogP contribution is 2.25. The average molecular weight is 399 g/mol. The summed E-state index contributed by atoms with van der Waals surface area (Å²) in [6.45, 7) is 6.31. The smallest absolute Gasteiger partial charge is 0.243 e. The van der Waals surface area contributed by atoms with E-state index in [-0.39, 0.29) is 18.6 Å². The van der Waals surface area contributed by atoms with E-state index in [1.807, 2.05) is 48.5 Å². The zero-order chi connectivity index (χ0) is 20.5. The van der Waals surface area contributed by atoms with E-state index < -0.39 is 0 Å². The Morgan fingerprint density at radius 1 is 1.17 bits per heavy atom. The molecular formula is C23H30N2O4. The third-order valence-electron chi connectivity index (χ3n) is 4.48. The van der Waals surface area contributed by atoms with Crippen molar-refractivity contribution in [3.8, 4) is 11.5 Å². The maximum absolute atomic E-state index is 12.4. The van der Waals surface area contributed by atoms with E-state index in [2.05, 4.69) is 24.5 Å². The summed E-state index contributed by atoms with van der Waals surface area (Å²) in [6, 6.07) is 15.1. The Balaban J connectivity index is 1.50. The summed E-state index contributed by atoms with van der Waals surface area (Å²) in [5.74, 6) is 1.75. The average Bonchev–Trinajstić information content (AvgIpc) is 3.24. The highest BCUT2D eigenvalue weighted by atomic mass is 16.5. The zero-order valence-corrected chi connectivity index (χ0v) is 17.1. The van der Waals surface area contributed by atoms with Crippen LogP contribution >= 0.6 is 0 Å². The first-order chi connectivity index (χ1) is 14.1. The fourth-order valence-corrected chi connectivity index (χ4v) is 2.99. The van der Waals surface area contributed by atoms with Crippen LogP contribution in [0.5, 0.6) is 11.5 Å². The maximum Gasteiger partial charge on any atom is 0.243 e. The van der Waals surface area contributed by atoms with Crippen LogP contribution in [0.1, 0.15) is 26.7 Å². The molecule has 0 spiro atoms. The summed E-state index contributed by atoms with van der Waals surface area (Å²) in [4.78, 5) is 12.4. The lowest BCUT2D eigenvalue weighted by atomic mass is 10.2. The molecule has 3 rings (SSSR count). The van der Waals surface area contributed by atoms with Gasteiger partial charge in [-0.2, -0.15) is 0 Å². The molecule has 1 saturated heterocycles. The van der Waals surface area contributed by atoms with Crippen molar-refractivity contribution in [3.63, 3.8) is 0 Å². The lowest BCUT2D eigenvalue weighted by Gasteiger charge is -2.15. The van der Waals surface area contributed by atoms with Crippen LogP contribution in [0, 0.1) is 5.92 Å². The highest BCUT2D eigenvalue weighted by molar-refractivity contribution is 5.95. The normalized spacial score (nSPS) is 15.9. The molecule has 0 radical (unpaired) electrons. The number of para-hydroxylation sites is 2. The van der Waals surface area contributed by atoms with Crippen LogP contribution in [-0.4, -0.2) is 38.4 Å². The molecule has 29 heavy (non-hydrogen) atoms. The molecule has 0 saturated carbocycles. The Bertz CT molecular complexity index is 788. The minimum atomic E-state index is -0.147. The van der Waals surface area contributed by atoms with Crippen LogP contribution in [0.15, 0.2) is 48.5 Å². The van der Waals surface area contributed by atoms with Crippen LogP contribution in [-0.2, 0) is 9.53 Å². The molecule has 6 nitrogen and oxygen atoms in total. The van der Waals surface area contributed by atoms with Gasteiger partial charge in [0.15, 0.2) is 0 Å². The fourth-order valence-electron chi connectivity index (χ4n) is 2.99. The van der Waals surface area contributed by atoms with E-state index in [1.165, 1.54) is 0 Å². The van der Waals surface area contributed by atoms with Crippen molar-refractivity contribution in [3.05, 3.63) is 48.5 Å². The minimum absolute atomic E-state index is 0.130. The molecule has 2 N–H and O–H groups in total. The van der Waals surface area contributed by atoms with Crippen molar-refractivity contribution in [1.29, 1.82) is 0 Å². The molecule has 2 aromatic rings. The van der Waals surface area contributed by atoms with Gasteiger partial charge in [0.05, 0.1) is 24.9 Å². The molecule has 156 valence electrons. The third-order valence-corrected chi connectivity index (χ3v) is 4.48. The van der Waals surface area contributed by atoms with Crippen LogP contribution in [0.4, 0.5) is 11.4 Å². The molecule has 0 bridgehead atoms. The molecule has 6 heteroatoms. The van der Waals surface area contributed by atoms with Crippen molar-refractivity contribution >= 4 is 17.3 Å². The first-order valence-corrected chi connectivity index (χ1v) is 10.2. The molecule has 1 aliphatic heterocycles. The van der Waals surface area contributed by atoms with E-state index in [1.54, 1.807) is 0 Å². The first kappa shape index (κ1) is 21.0. The Morgan fingerprint density at radius 2 is 2.03 bits per heavy atom. The lowest BCUT2D eigenvalue weighted by molar-refractivity contribution is -0.114. The van der Waals surface area contributed by atoms with Gasteiger partial charge in [0.1, 0.15) is 18.1 Å². The number of nitrogens with one attached hydrogen (secondary N) is 2. The predicted octanol–water partition coefficient (Wildman–Crippen LogP) is 4.33. The van der Waals surface area contributed by atoms with Gasteiger partial charge in [-0.1, -0.05) is 32.0 Å². The number of amides is 1. The Hall–Kier alpha value is -2.73. The summed E-state index contributed by atoms with van der Waals surface area (Å²) in [6.07, 6.45) is 2.21. The number of ether oxygens (including phenoxy) is 3. The third kappa shape index (κ3) is 6.98. The van der Waals surface area contributed by atoms with Gasteiger partial charge < -0.3 is 24.8 Å². The number of hydrogen-bond acceptors (Lipinski definition) is 5. The van der Waals surface area contributed by atoms with Gasteiger partial charge in [0, 0.05) is 18.4 Å². The number of benzene rings is 2. The highest BCUT2D eigenvalue weighted by Gasteiger charge is 2.17. The van der Waals surface area contributed by atoms with Gasteiger partial charge in [-0.05, 0) is 43.0 Å². The number of carbonyl (C=O) groups excluding carboxylic acids is 1. The van der Waals surface area contributed by atoms with Crippen molar-refractivity contribution in [2.75, 3.05) is 37.0 Å². The maximum atomic E-state index is 12.4. The van der Waals surface area contributed by atoms with Crippen molar-refractivity contribution < 1.29 is 19.0 Å². The van der Waals surface area contributed by atoms with Crippen molar-refractivity contribution in [2.24, 2.45) is 5.92 Å². The summed E-state index contributed by atoms with van der Waals surface area (Å²) in [7, 11) is 0. The van der Waals surface area contributed by atoms with Gasteiger partial charge >= 0.3 is 0 Å². The quantitative estimate of drug-likeness (QED) is 0.623. The van der Waals surface area contributed by atoms with Crippen LogP contribution in [0.25, 0.3) is 0 Å². The predicted molar refractivity (Wildman–Crippen MR) is 115 cm³/mol. The number of hydrogen-bond donors (Lipinski definition) is 2. The van der Waals surface area contributed by atoms with E-state index >= 15 is 0 Å². The second-order valence-electron chi connectivity index (χ2n) is 7.58. The zero-order valence-electron chi connectivity index (χ0n) is 17.1. The Labute approximate surface area is 172 Å². The second kappa shape index (κ2) is 10.7. The molecule has 1 amide bonds. The van der Waals surface area contributed by atoms with Crippen LogP contribution in [0.2, 0.25) is 0 Å². The molecule has 2 aromatic carbocycles. The van der Waals surface area contributed by atoms with E-state index in [0.717, 1.165) is 30.9 Å². The largest absolute Gasteiger partial charge is 0.493 e. The molecule has 1 fully saturated rings. The first-order valence-electron chi connectivity index (χ1n) is 10.2. The number of anilines is 2. The SMILES string of the molecule is CC(C)COc1cccc(NCC(=O)Nc2ccccc2OCC2CCCO2)c1. The molecule has 0 aromatic heterocycles. The number of carbonyl (C=O) groups is 1. The molecule has 1 heterocycles. The fraction of sp³-hybridized carbons (Fsp3) is 0.435. The summed E-state index contributed by atoms with van der Waals surface area (Å²) >= 11 is 0. The molecule has 1 unspecified atom stereocenters. The van der Waals surface area contributed by atoms with Gasteiger partial charge in [0.25, 0.3) is 0 Å². The minimum Gasteiger partial charge on any atom is -0.493 e. The second-order valence-corrected chi connectivity index (χ2v) is 7.58. The molecule has 0 aliphatic carbocycles. The Morgan fingerprint density at radius 3 is 2.83 bits per heavy atom. The van der Waals surface area contributed by atoms with E-state index in [4.69, 9.17) is 14.2 Å². The van der Waals surface area contributed by atoms with Gasteiger partial charge in [0.2, 0.25) is 5.91 Å². The van der Waals surface area contributed by atoms with E-state index in [0.29, 0.717) is 30.6 Å². The summed E-state index contributed by atoms with van der Waals surface area (Å²) in [5.41, 5.74) is 1.50. The van der Waals surface area contributed by atoms with E-state index in [9.17, 15) is 4.79 Å². The van der Waals surface area contributed by atoms with Gasteiger partial charge in [-0.3, -0.25) is 4.79 Å². The molecule has 1 atom stereocenters. The van der Waals surface area contributed by atoms with Crippen LogP contribution < -0.4 is 20.1 Å². The van der Waals surface area contributed by atoms with Crippen LogP contribution in [0.3, 0.4) is 0 Å². The topological polar surface area (TPSA) is 68.8 Å². The van der Waals surface area contributed by atoms with Crippen molar-refractivity contribution in [2.45, 2.75) is 32.8 Å². The summed E-state index contributed by atoms with van der Waals surface area (Å²) in [5, 5.41) is 6.05. The Kier molecular flexibility index (Phi) is 7.76. The molecule has 1 aliphatic rings. The lowest BCUT2D eigenvalue weighted by Crippen LogP contribution is -2.23. The number of rotatable bonds is 10. The molecular weight excluding hydrogens is 368 g/mol. The monoisotopic (exact) mass is 398 g/mol. The van der Waals surface area contributed by atoms with Gasteiger partial charge in [-0.15, -0.1) is 0 Å². The van der Waals surface area contributed by atoms with Crippen molar-refractivity contribution in [1.82, 2.24) is 0 Å². The van der Waals surface area contributed by atoms with Gasteiger partial charge in [-0.25, -0.2) is 0 Å². The standard InChI is InChI=1S/C23H30N2O4/c1-17(2)15-28-19-8-5-7-18(13-19)24-14-23(26)25-21-10-3-4-11-22(21)29-16-20-9-6-12-27-20/h3-5,7-8,10-11,13,17,20,24H,6,9,12,14-16H2,1-2H3,(H,25,26).